The third-order valence-electron chi connectivity index (χ3n) is 2.43. The van der Waals surface area contributed by atoms with E-state index in [1.165, 1.54) is 24.3 Å². The summed E-state index contributed by atoms with van der Waals surface area (Å²) in [6, 6.07) is 4.18. The number of aliphatic hydroxyl groups excluding tert-OH is 1. The second kappa shape index (κ2) is 7.22. The van der Waals surface area contributed by atoms with Crippen LogP contribution in [0, 0.1) is 0 Å². The molecule has 113 valence electrons. The Balaban J connectivity index is 2.54. The van der Waals surface area contributed by atoms with Crippen molar-refractivity contribution in [2.45, 2.75) is 12.1 Å². The minimum Gasteiger partial charge on any atom is -0.480 e. The molecule has 0 saturated heterocycles. The Bertz CT molecular complexity index is 530. The Labute approximate surface area is 119 Å². The fourth-order valence-corrected chi connectivity index (χ4v) is 1.29. The SMILES string of the molecule is [NH]C(=O)[C@H](O)c1ccc(NC(=O)OC[C@@H](N)C(=O)O)cc1. The summed E-state index contributed by atoms with van der Waals surface area (Å²) >= 11 is 0. The number of aliphatic carboxylic acids is 1. The lowest BCUT2D eigenvalue weighted by molar-refractivity contribution is -0.139. The normalized spacial score (nSPS) is 13.0. The molecular weight excluding hydrogens is 282 g/mol. The number of carbonyl (C=O) groups excluding carboxylic acids is 2. The Morgan fingerprint density at radius 2 is 1.86 bits per heavy atom. The molecular formula is C12H14N3O6. The van der Waals surface area contributed by atoms with Gasteiger partial charge in [-0.15, -0.1) is 0 Å². The van der Waals surface area contributed by atoms with Crippen molar-refractivity contribution >= 4 is 23.7 Å². The van der Waals surface area contributed by atoms with E-state index in [2.05, 4.69) is 10.1 Å². The van der Waals surface area contributed by atoms with Crippen LogP contribution < -0.4 is 16.8 Å². The van der Waals surface area contributed by atoms with E-state index in [0.717, 1.165) is 0 Å². The number of carbonyl (C=O) groups is 3. The summed E-state index contributed by atoms with van der Waals surface area (Å²) < 4.78 is 4.60. The number of amides is 2. The van der Waals surface area contributed by atoms with Crippen LogP contribution >= 0.6 is 0 Å². The molecule has 0 aliphatic carbocycles. The quantitative estimate of drug-likeness (QED) is 0.549. The minimum absolute atomic E-state index is 0.210. The number of carboxylic acids is 1. The largest absolute Gasteiger partial charge is 0.480 e. The molecule has 9 nitrogen and oxygen atoms in total. The standard InChI is InChI=1S/C12H14N3O6/c13-8(11(18)19)5-21-12(20)15-7-3-1-6(2-4-7)9(16)10(14)17/h1-4,8-9,14,16H,5,13H2,(H,15,20)(H,18,19)/t8-,9-/m1/s1. The van der Waals surface area contributed by atoms with Crippen LogP contribution in [0.1, 0.15) is 11.7 Å². The van der Waals surface area contributed by atoms with Crippen molar-refractivity contribution in [2.75, 3.05) is 11.9 Å². The van der Waals surface area contributed by atoms with Crippen LogP contribution in [0.15, 0.2) is 24.3 Å². The van der Waals surface area contributed by atoms with Gasteiger partial charge in [-0.2, -0.15) is 0 Å². The molecule has 0 bridgehead atoms. The Kier molecular flexibility index (Phi) is 5.64. The number of rotatable bonds is 6. The summed E-state index contributed by atoms with van der Waals surface area (Å²) in [6.07, 6.45) is -2.43. The van der Waals surface area contributed by atoms with Gasteiger partial charge in [0.05, 0.1) is 0 Å². The van der Waals surface area contributed by atoms with Gasteiger partial charge in [0.15, 0.2) is 6.10 Å². The molecule has 0 saturated carbocycles. The summed E-state index contributed by atoms with van der Waals surface area (Å²) in [5.41, 5.74) is 12.4. The van der Waals surface area contributed by atoms with E-state index < -0.39 is 36.7 Å². The van der Waals surface area contributed by atoms with Crippen molar-refractivity contribution in [3.63, 3.8) is 0 Å². The predicted molar refractivity (Wildman–Crippen MR) is 70.1 cm³/mol. The monoisotopic (exact) mass is 296 g/mol. The highest BCUT2D eigenvalue weighted by Crippen LogP contribution is 2.16. The molecule has 1 aromatic carbocycles. The molecule has 21 heavy (non-hydrogen) atoms. The van der Waals surface area contributed by atoms with Gasteiger partial charge in [-0.05, 0) is 17.7 Å². The summed E-state index contributed by atoms with van der Waals surface area (Å²) in [6.45, 7) is -0.481. The number of nitrogens with one attached hydrogen (secondary N) is 2. The van der Waals surface area contributed by atoms with Crippen LogP contribution in [0.3, 0.4) is 0 Å². The smallest absolute Gasteiger partial charge is 0.411 e. The lowest BCUT2D eigenvalue weighted by Crippen LogP contribution is -2.36. The third kappa shape index (κ3) is 5.09. The van der Waals surface area contributed by atoms with Crippen molar-refractivity contribution in [3.8, 4) is 0 Å². The first-order valence-corrected chi connectivity index (χ1v) is 5.77. The van der Waals surface area contributed by atoms with Crippen LogP contribution in [-0.2, 0) is 14.3 Å². The maximum Gasteiger partial charge on any atom is 0.411 e. The van der Waals surface area contributed by atoms with Gasteiger partial charge in [0.25, 0.3) is 5.91 Å². The molecule has 0 fully saturated rings. The van der Waals surface area contributed by atoms with Crippen LogP contribution in [0.4, 0.5) is 10.5 Å². The fraction of sp³-hybridized carbons (Fsp3) is 0.250. The van der Waals surface area contributed by atoms with Gasteiger partial charge in [0.2, 0.25) is 0 Å². The second-order valence-corrected chi connectivity index (χ2v) is 4.06. The number of hydrogen-bond donors (Lipinski definition) is 4. The van der Waals surface area contributed by atoms with E-state index in [-0.39, 0.29) is 5.56 Å². The van der Waals surface area contributed by atoms with Crippen molar-refractivity contribution < 1.29 is 29.3 Å². The van der Waals surface area contributed by atoms with Gasteiger partial charge in [0.1, 0.15) is 12.6 Å². The maximum absolute atomic E-state index is 11.4. The zero-order chi connectivity index (χ0) is 16.0. The molecule has 0 heterocycles. The number of nitrogens with two attached hydrogens (primary N) is 1. The van der Waals surface area contributed by atoms with Gasteiger partial charge in [-0.1, -0.05) is 12.1 Å². The number of anilines is 1. The first kappa shape index (κ1) is 16.4. The topological polar surface area (TPSA) is 163 Å². The van der Waals surface area contributed by atoms with Crippen molar-refractivity contribution in [3.05, 3.63) is 29.8 Å². The molecule has 0 aliphatic heterocycles. The molecule has 2 amide bonds. The molecule has 1 aromatic rings. The predicted octanol–water partition coefficient (Wildman–Crippen LogP) is -0.510. The minimum atomic E-state index is -1.54. The van der Waals surface area contributed by atoms with Gasteiger partial charge in [-0.3, -0.25) is 20.6 Å². The molecule has 0 aliphatic rings. The van der Waals surface area contributed by atoms with E-state index in [9.17, 15) is 19.5 Å². The fourth-order valence-electron chi connectivity index (χ4n) is 1.29. The first-order chi connectivity index (χ1) is 9.81. The lowest BCUT2D eigenvalue weighted by atomic mass is 10.1. The van der Waals surface area contributed by atoms with Gasteiger partial charge >= 0.3 is 12.1 Å². The number of benzene rings is 1. The average Bonchev–Trinajstić information content (AvgIpc) is 2.44. The van der Waals surface area contributed by atoms with Crippen LogP contribution in [0.5, 0.6) is 0 Å². The highest BCUT2D eigenvalue weighted by Gasteiger charge is 2.16. The Hall–Kier alpha value is -2.65. The van der Waals surface area contributed by atoms with Gasteiger partial charge in [0, 0.05) is 5.69 Å². The number of ether oxygens (including phenoxy) is 1. The molecule has 0 unspecified atom stereocenters. The average molecular weight is 296 g/mol. The van der Waals surface area contributed by atoms with E-state index in [1.54, 1.807) is 0 Å². The maximum atomic E-state index is 11.4. The second-order valence-electron chi connectivity index (χ2n) is 4.06. The van der Waals surface area contributed by atoms with Crippen LogP contribution in [0.25, 0.3) is 0 Å². The van der Waals surface area contributed by atoms with E-state index in [0.29, 0.717) is 5.69 Å². The zero-order valence-electron chi connectivity index (χ0n) is 10.8. The molecule has 9 heteroatoms. The summed E-state index contributed by atoms with van der Waals surface area (Å²) in [7, 11) is 0. The highest BCUT2D eigenvalue weighted by molar-refractivity contribution is 5.85. The van der Waals surface area contributed by atoms with Crippen LogP contribution in [-0.4, -0.2) is 40.8 Å². The zero-order valence-corrected chi connectivity index (χ0v) is 10.8. The molecule has 0 aromatic heterocycles. The van der Waals surface area contributed by atoms with Crippen molar-refractivity contribution in [1.82, 2.24) is 5.73 Å². The Morgan fingerprint density at radius 3 is 2.33 bits per heavy atom. The third-order valence-corrected chi connectivity index (χ3v) is 2.43. The number of carboxylic acid groups (broad SMARTS) is 1. The van der Waals surface area contributed by atoms with E-state index in [1.807, 2.05) is 0 Å². The molecule has 1 rings (SSSR count). The molecule has 6 N–H and O–H groups in total. The number of hydrogen-bond acceptors (Lipinski definition) is 6. The van der Waals surface area contributed by atoms with E-state index >= 15 is 0 Å². The summed E-state index contributed by atoms with van der Waals surface area (Å²) in [5, 5.41) is 20.2. The number of aliphatic hydroxyl groups is 1. The van der Waals surface area contributed by atoms with Gasteiger partial charge in [-0.25, -0.2) is 4.79 Å². The molecule has 0 spiro atoms. The van der Waals surface area contributed by atoms with Gasteiger partial charge < -0.3 is 20.7 Å². The first-order valence-electron chi connectivity index (χ1n) is 5.77. The van der Waals surface area contributed by atoms with E-state index in [4.69, 9.17) is 16.6 Å². The highest BCUT2D eigenvalue weighted by atomic mass is 16.5. The van der Waals surface area contributed by atoms with Crippen molar-refractivity contribution in [2.24, 2.45) is 5.73 Å². The van der Waals surface area contributed by atoms with Crippen LogP contribution in [0.2, 0.25) is 0 Å². The molecule has 1 radical (unpaired) electrons. The van der Waals surface area contributed by atoms with Crippen molar-refractivity contribution in [1.29, 1.82) is 0 Å². The Morgan fingerprint density at radius 1 is 1.29 bits per heavy atom. The summed E-state index contributed by atoms with van der Waals surface area (Å²) in [4.78, 5) is 32.5. The summed E-state index contributed by atoms with van der Waals surface area (Å²) in [5.74, 6) is -2.43. The lowest BCUT2D eigenvalue weighted by Gasteiger charge is -2.10. The molecule has 2 atom stereocenters.